The molecule has 1 nitrogen and oxygen atoms in total. The SMILES string of the molecule is [CH2+]C#COCC#CC. The van der Waals surface area contributed by atoms with Crippen LogP contribution in [0.25, 0.3) is 0 Å². The Balaban J connectivity index is 3.10. The summed E-state index contributed by atoms with van der Waals surface area (Å²) >= 11 is 0. The van der Waals surface area contributed by atoms with Crippen molar-refractivity contribution in [1.82, 2.24) is 0 Å². The van der Waals surface area contributed by atoms with Gasteiger partial charge in [-0.3, -0.25) is 0 Å². The van der Waals surface area contributed by atoms with E-state index < -0.39 is 0 Å². The summed E-state index contributed by atoms with van der Waals surface area (Å²) in [5.41, 5.74) is 0. The van der Waals surface area contributed by atoms with Crippen molar-refractivity contribution < 1.29 is 4.74 Å². The summed E-state index contributed by atoms with van der Waals surface area (Å²) in [4.78, 5) is 0. The first-order chi connectivity index (χ1) is 3.91. The van der Waals surface area contributed by atoms with E-state index in [1.807, 2.05) is 0 Å². The largest absolute Gasteiger partial charge is 0.354 e. The third-order valence-corrected chi connectivity index (χ3v) is 0.465. The lowest BCUT2D eigenvalue weighted by Crippen LogP contribution is -1.79. The molecule has 0 radical (unpaired) electrons. The van der Waals surface area contributed by atoms with Crippen LogP contribution < -0.4 is 0 Å². The van der Waals surface area contributed by atoms with Gasteiger partial charge >= 0.3 is 6.11 Å². The smallest absolute Gasteiger partial charge is 0.334 e. The van der Waals surface area contributed by atoms with Gasteiger partial charge < -0.3 is 4.74 Å². The molecular weight excluding hydrogens is 100 g/mol. The van der Waals surface area contributed by atoms with Crippen LogP contribution in [0.15, 0.2) is 0 Å². The van der Waals surface area contributed by atoms with Crippen molar-refractivity contribution in [3.63, 3.8) is 0 Å². The molecule has 0 aliphatic rings. The normalized spacial score (nSPS) is 5.12. The first kappa shape index (κ1) is 6.79. The molecule has 0 atom stereocenters. The molecule has 0 bridgehead atoms. The van der Waals surface area contributed by atoms with Gasteiger partial charge in [-0.2, -0.15) is 0 Å². The highest BCUT2D eigenvalue weighted by Crippen LogP contribution is 1.64. The highest BCUT2D eigenvalue weighted by Gasteiger charge is 1.74. The maximum atomic E-state index is 4.63. The third kappa shape index (κ3) is 4.79. The Morgan fingerprint density at radius 3 is 2.88 bits per heavy atom. The molecule has 0 aromatic carbocycles. The predicted octanol–water partition coefficient (Wildman–Crippen LogP) is 0.821. The second-order valence-corrected chi connectivity index (χ2v) is 0.994. The summed E-state index contributed by atoms with van der Waals surface area (Å²) < 4.78 is 4.63. The van der Waals surface area contributed by atoms with Gasteiger partial charge in [0.1, 0.15) is 0 Å². The van der Waals surface area contributed by atoms with Crippen molar-refractivity contribution in [1.29, 1.82) is 0 Å². The second-order valence-electron chi connectivity index (χ2n) is 0.994. The molecule has 1 heteroatoms. The molecule has 0 saturated heterocycles. The van der Waals surface area contributed by atoms with E-state index in [-0.39, 0.29) is 0 Å². The lowest BCUT2D eigenvalue weighted by atomic mass is 10.6. The van der Waals surface area contributed by atoms with Gasteiger partial charge in [0.05, 0.1) is 6.92 Å². The van der Waals surface area contributed by atoms with Crippen LogP contribution in [0.5, 0.6) is 0 Å². The average molecular weight is 107 g/mol. The van der Waals surface area contributed by atoms with E-state index in [1.54, 1.807) is 6.92 Å². The molecule has 0 aliphatic heterocycles. The summed E-state index contributed by atoms with van der Waals surface area (Å²) in [6.45, 7) is 5.37. The molecule has 0 rings (SSSR count). The molecule has 0 heterocycles. The van der Waals surface area contributed by atoms with Crippen LogP contribution in [-0.2, 0) is 4.74 Å². The zero-order chi connectivity index (χ0) is 6.24. The van der Waals surface area contributed by atoms with Gasteiger partial charge in [0.15, 0.2) is 12.5 Å². The molecule has 0 fully saturated rings. The van der Waals surface area contributed by atoms with Gasteiger partial charge in [0.25, 0.3) is 0 Å². The maximum absolute atomic E-state index is 4.63. The summed E-state index contributed by atoms with van der Waals surface area (Å²) in [6, 6.07) is 0. The van der Waals surface area contributed by atoms with Gasteiger partial charge in [0, 0.05) is 0 Å². The molecule has 40 valence electrons. The summed E-state index contributed by atoms with van der Waals surface area (Å²) in [6.07, 6.45) is 2.32. The lowest BCUT2D eigenvalue weighted by Gasteiger charge is -1.73. The van der Waals surface area contributed by atoms with E-state index in [4.69, 9.17) is 0 Å². The van der Waals surface area contributed by atoms with Crippen molar-refractivity contribution >= 4 is 0 Å². The van der Waals surface area contributed by atoms with Crippen LogP contribution >= 0.6 is 0 Å². The molecule has 8 heavy (non-hydrogen) atoms. The summed E-state index contributed by atoms with van der Waals surface area (Å²) in [5.74, 6) is 7.68. The van der Waals surface area contributed by atoms with Crippen LogP contribution in [0, 0.1) is 30.8 Å². The lowest BCUT2D eigenvalue weighted by molar-refractivity contribution is 0.328. The number of hydrogen-bond donors (Lipinski definition) is 0. The highest BCUT2D eigenvalue weighted by atomic mass is 16.5. The van der Waals surface area contributed by atoms with E-state index in [9.17, 15) is 0 Å². The monoisotopic (exact) mass is 107 g/mol. The Bertz CT molecular complexity index is 129. The van der Waals surface area contributed by atoms with Crippen LogP contribution in [0.4, 0.5) is 0 Å². The zero-order valence-corrected chi connectivity index (χ0v) is 4.82. The van der Waals surface area contributed by atoms with Crippen molar-refractivity contribution in [2.45, 2.75) is 6.92 Å². The van der Waals surface area contributed by atoms with Gasteiger partial charge in [-0.15, -0.1) is 5.92 Å². The van der Waals surface area contributed by atoms with Crippen molar-refractivity contribution in [3.05, 3.63) is 6.92 Å². The minimum absolute atomic E-state index is 0.374. The second kappa shape index (κ2) is 5.79. The fourth-order valence-corrected chi connectivity index (χ4v) is 0.195. The Morgan fingerprint density at radius 2 is 2.38 bits per heavy atom. The molecule has 0 amide bonds. The Hall–Kier alpha value is -1.21. The molecule has 0 saturated carbocycles. The molecule has 0 aliphatic carbocycles. The first-order valence-electron chi connectivity index (χ1n) is 2.20. The zero-order valence-electron chi connectivity index (χ0n) is 4.82. The highest BCUT2D eigenvalue weighted by molar-refractivity contribution is 4.99. The topological polar surface area (TPSA) is 9.23 Å². The first-order valence-corrected chi connectivity index (χ1v) is 2.20. The fraction of sp³-hybridized carbons (Fsp3) is 0.286. The van der Waals surface area contributed by atoms with Gasteiger partial charge in [-0.1, -0.05) is 5.92 Å². The number of hydrogen-bond acceptors (Lipinski definition) is 1. The van der Waals surface area contributed by atoms with Crippen molar-refractivity contribution in [3.8, 4) is 23.9 Å². The Labute approximate surface area is 50.0 Å². The van der Waals surface area contributed by atoms with Crippen LogP contribution in [0.1, 0.15) is 6.92 Å². The summed E-state index contributed by atoms with van der Waals surface area (Å²) in [7, 11) is 0. The predicted molar refractivity (Wildman–Crippen MR) is 32.5 cm³/mol. The minimum Gasteiger partial charge on any atom is -0.334 e. The van der Waals surface area contributed by atoms with Crippen molar-refractivity contribution in [2.75, 3.05) is 6.61 Å². The molecule has 0 unspecified atom stereocenters. The molecule has 0 spiro atoms. The van der Waals surface area contributed by atoms with Gasteiger partial charge in [0.2, 0.25) is 0 Å². The third-order valence-electron chi connectivity index (χ3n) is 0.465. The molecule has 0 N–H and O–H groups in total. The maximum Gasteiger partial charge on any atom is 0.354 e. The van der Waals surface area contributed by atoms with Crippen LogP contribution in [0.2, 0.25) is 0 Å². The number of ether oxygens (including phenoxy) is 1. The fourth-order valence-electron chi connectivity index (χ4n) is 0.195. The van der Waals surface area contributed by atoms with Gasteiger partial charge in [-0.05, 0) is 6.92 Å². The Kier molecular flexibility index (Phi) is 4.91. The molecular formula is C7H7O+. The quantitative estimate of drug-likeness (QED) is 0.274. The average Bonchev–Trinajstić information content (AvgIpc) is 1.81. The van der Waals surface area contributed by atoms with E-state index in [0.717, 1.165) is 0 Å². The summed E-state index contributed by atoms with van der Waals surface area (Å²) in [5, 5.41) is 0. The van der Waals surface area contributed by atoms with Crippen LogP contribution in [-0.4, -0.2) is 6.61 Å². The van der Waals surface area contributed by atoms with E-state index in [2.05, 4.69) is 35.5 Å². The standard InChI is InChI=1S/C7H7O/c1-3-5-7-8-6-4-2/h2,7H2,1H3/q+1. The molecule has 0 aromatic rings. The van der Waals surface area contributed by atoms with Crippen molar-refractivity contribution in [2.24, 2.45) is 0 Å². The minimum atomic E-state index is 0.374. The molecule has 0 aromatic heterocycles. The van der Waals surface area contributed by atoms with E-state index >= 15 is 0 Å². The number of rotatable bonds is 1. The van der Waals surface area contributed by atoms with Gasteiger partial charge in [-0.25, -0.2) is 0 Å². The Morgan fingerprint density at radius 1 is 1.62 bits per heavy atom. The van der Waals surface area contributed by atoms with E-state index in [1.165, 1.54) is 0 Å². The van der Waals surface area contributed by atoms with Crippen LogP contribution in [0.3, 0.4) is 0 Å². The van der Waals surface area contributed by atoms with E-state index in [0.29, 0.717) is 6.61 Å².